The zero-order valence-electron chi connectivity index (χ0n) is 11.4. The fourth-order valence-electron chi connectivity index (χ4n) is 3.12. The van der Waals surface area contributed by atoms with Crippen LogP contribution in [0.5, 0.6) is 0 Å². The number of rotatable bonds is 2. The van der Waals surface area contributed by atoms with Crippen LogP contribution in [0.25, 0.3) is 0 Å². The summed E-state index contributed by atoms with van der Waals surface area (Å²) in [4.78, 5) is 24.8. The number of carboxylic acid groups (broad SMARTS) is 1. The Balaban J connectivity index is 1.86. The van der Waals surface area contributed by atoms with E-state index in [0.717, 1.165) is 32.1 Å². The van der Waals surface area contributed by atoms with E-state index >= 15 is 0 Å². The first-order chi connectivity index (χ1) is 9.18. The predicted molar refractivity (Wildman–Crippen MR) is 72.0 cm³/mol. The van der Waals surface area contributed by atoms with Crippen LogP contribution in [0.3, 0.4) is 0 Å². The Morgan fingerprint density at radius 1 is 0.947 bits per heavy atom. The molecule has 1 heterocycles. The van der Waals surface area contributed by atoms with Crippen molar-refractivity contribution >= 4 is 12.0 Å². The van der Waals surface area contributed by atoms with Crippen molar-refractivity contribution in [3.8, 4) is 0 Å². The molecule has 0 radical (unpaired) electrons. The van der Waals surface area contributed by atoms with E-state index in [1.54, 1.807) is 0 Å². The molecule has 0 bridgehead atoms. The summed E-state index contributed by atoms with van der Waals surface area (Å²) in [6.45, 7) is 0.565. The molecule has 2 rings (SSSR count). The van der Waals surface area contributed by atoms with Crippen molar-refractivity contribution in [1.29, 1.82) is 0 Å². The Bertz CT molecular complexity index is 325. The fraction of sp³-hybridized carbons (Fsp3) is 0.857. The lowest BCUT2D eigenvalue weighted by Crippen LogP contribution is -2.49. The molecule has 1 atom stereocenters. The largest absolute Gasteiger partial charge is 0.480 e. The molecule has 1 aliphatic carbocycles. The summed E-state index contributed by atoms with van der Waals surface area (Å²) in [5.74, 6) is -0.884. The maximum absolute atomic E-state index is 12.2. The minimum Gasteiger partial charge on any atom is -0.480 e. The SMILES string of the molecule is O=C(O)[C@H]1CCCN1C(=O)NC1CCCCCCC1. The molecule has 108 valence electrons. The van der Waals surface area contributed by atoms with Crippen LogP contribution >= 0.6 is 0 Å². The van der Waals surface area contributed by atoms with Gasteiger partial charge in [0.05, 0.1) is 0 Å². The second-order valence-corrected chi connectivity index (χ2v) is 5.68. The van der Waals surface area contributed by atoms with Crippen molar-refractivity contribution in [2.75, 3.05) is 6.54 Å². The van der Waals surface area contributed by atoms with Crippen molar-refractivity contribution in [3.05, 3.63) is 0 Å². The molecule has 19 heavy (non-hydrogen) atoms. The topological polar surface area (TPSA) is 69.6 Å². The van der Waals surface area contributed by atoms with Crippen molar-refractivity contribution in [3.63, 3.8) is 0 Å². The van der Waals surface area contributed by atoms with Gasteiger partial charge in [0.25, 0.3) is 0 Å². The van der Waals surface area contributed by atoms with E-state index in [2.05, 4.69) is 5.32 Å². The van der Waals surface area contributed by atoms with Crippen LogP contribution in [0.1, 0.15) is 57.8 Å². The second kappa shape index (κ2) is 6.78. The fourth-order valence-corrected chi connectivity index (χ4v) is 3.12. The Hall–Kier alpha value is -1.26. The van der Waals surface area contributed by atoms with Gasteiger partial charge in [0.15, 0.2) is 0 Å². The number of carbonyl (C=O) groups is 2. The van der Waals surface area contributed by atoms with E-state index in [1.165, 1.54) is 24.2 Å². The van der Waals surface area contributed by atoms with E-state index in [1.807, 2.05) is 0 Å². The van der Waals surface area contributed by atoms with E-state index in [9.17, 15) is 9.59 Å². The van der Waals surface area contributed by atoms with Crippen molar-refractivity contribution in [2.45, 2.75) is 69.9 Å². The zero-order chi connectivity index (χ0) is 13.7. The van der Waals surface area contributed by atoms with Gasteiger partial charge in [0.2, 0.25) is 0 Å². The first-order valence-corrected chi connectivity index (χ1v) is 7.48. The molecule has 2 fully saturated rings. The molecule has 2 N–H and O–H groups in total. The van der Waals surface area contributed by atoms with Gasteiger partial charge in [-0.05, 0) is 25.7 Å². The van der Waals surface area contributed by atoms with Crippen LogP contribution in [-0.2, 0) is 4.79 Å². The Morgan fingerprint density at radius 2 is 1.58 bits per heavy atom. The molecular weight excluding hydrogens is 244 g/mol. The van der Waals surface area contributed by atoms with Crippen LogP contribution in [0.2, 0.25) is 0 Å². The Labute approximate surface area is 114 Å². The molecule has 1 saturated heterocycles. The van der Waals surface area contributed by atoms with Gasteiger partial charge in [-0.3, -0.25) is 0 Å². The van der Waals surface area contributed by atoms with Gasteiger partial charge >= 0.3 is 12.0 Å². The highest BCUT2D eigenvalue weighted by Crippen LogP contribution is 2.20. The summed E-state index contributed by atoms with van der Waals surface area (Å²) in [5.41, 5.74) is 0. The van der Waals surface area contributed by atoms with Gasteiger partial charge in [0, 0.05) is 12.6 Å². The van der Waals surface area contributed by atoms with E-state index in [0.29, 0.717) is 13.0 Å². The van der Waals surface area contributed by atoms with Gasteiger partial charge in [-0.15, -0.1) is 0 Å². The molecule has 1 saturated carbocycles. The zero-order valence-corrected chi connectivity index (χ0v) is 11.4. The van der Waals surface area contributed by atoms with Crippen molar-refractivity contribution in [2.24, 2.45) is 0 Å². The number of nitrogens with zero attached hydrogens (tertiary/aromatic N) is 1. The molecule has 2 amide bonds. The molecule has 0 aromatic carbocycles. The number of carbonyl (C=O) groups excluding carboxylic acids is 1. The quantitative estimate of drug-likeness (QED) is 0.807. The van der Waals surface area contributed by atoms with Gasteiger partial charge in [-0.2, -0.15) is 0 Å². The highest BCUT2D eigenvalue weighted by Gasteiger charge is 2.34. The number of urea groups is 1. The standard InChI is InChI=1S/C14H24N2O3/c17-13(18)12-9-6-10-16(12)14(19)15-11-7-4-2-1-3-5-8-11/h11-12H,1-10H2,(H,15,19)(H,17,18)/t12-/m1/s1. The number of hydrogen-bond acceptors (Lipinski definition) is 2. The summed E-state index contributed by atoms with van der Waals surface area (Å²) in [7, 11) is 0. The molecule has 0 spiro atoms. The molecule has 0 unspecified atom stereocenters. The summed E-state index contributed by atoms with van der Waals surface area (Å²) in [6, 6.07) is -0.591. The molecule has 0 aromatic heterocycles. The lowest BCUT2D eigenvalue weighted by molar-refractivity contribution is -0.141. The molecule has 0 aromatic rings. The lowest BCUT2D eigenvalue weighted by Gasteiger charge is -2.27. The normalized spacial score (nSPS) is 25.7. The third kappa shape index (κ3) is 3.85. The third-order valence-electron chi connectivity index (χ3n) is 4.23. The first-order valence-electron chi connectivity index (χ1n) is 7.48. The van der Waals surface area contributed by atoms with Crippen LogP contribution in [0, 0.1) is 0 Å². The summed E-state index contributed by atoms with van der Waals surface area (Å²) in [6.07, 6.45) is 9.52. The van der Waals surface area contributed by atoms with Crippen LogP contribution in [0.15, 0.2) is 0 Å². The monoisotopic (exact) mass is 268 g/mol. The Kier molecular flexibility index (Phi) is 5.05. The average molecular weight is 268 g/mol. The minimum atomic E-state index is -0.884. The summed E-state index contributed by atoms with van der Waals surface area (Å²) < 4.78 is 0. The first kappa shape index (κ1) is 14.2. The molecule has 5 heteroatoms. The summed E-state index contributed by atoms with van der Waals surface area (Å²) in [5, 5.41) is 12.1. The molecule has 5 nitrogen and oxygen atoms in total. The smallest absolute Gasteiger partial charge is 0.326 e. The number of nitrogens with one attached hydrogen (secondary N) is 1. The van der Waals surface area contributed by atoms with E-state index in [4.69, 9.17) is 5.11 Å². The maximum atomic E-state index is 12.2. The Morgan fingerprint density at radius 3 is 2.21 bits per heavy atom. The van der Waals surface area contributed by atoms with Crippen LogP contribution in [-0.4, -0.2) is 40.6 Å². The lowest BCUT2D eigenvalue weighted by atomic mass is 9.97. The highest BCUT2D eigenvalue weighted by atomic mass is 16.4. The van der Waals surface area contributed by atoms with Crippen LogP contribution < -0.4 is 5.32 Å². The second-order valence-electron chi connectivity index (χ2n) is 5.68. The van der Waals surface area contributed by atoms with Gasteiger partial charge < -0.3 is 15.3 Å². The van der Waals surface area contributed by atoms with Crippen molar-refractivity contribution < 1.29 is 14.7 Å². The number of hydrogen-bond donors (Lipinski definition) is 2. The van der Waals surface area contributed by atoms with Gasteiger partial charge in [-0.1, -0.05) is 32.1 Å². The number of likely N-dealkylation sites (tertiary alicyclic amines) is 1. The number of carboxylic acids is 1. The number of aliphatic carboxylic acids is 1. The van der Waals surface area contributed by atoms with E-state index in [-0.39, 0.29) is 12.1 Å². The third-order valence-corrected chi connectivity index (χ3v) is 4.23. The summed E-state index contributed by atoms with van der Waals surface area (Å²) >= 11 is 0. The highest BCUT2D eigenvalue weighted by molar-refractivity contribution is 5.83. The molecular formula is C14H24N2O3. The van der Waals surface area contributed by atoms with Gasteiger partial charge in [-0.25, -0.2) is 9.59 Å². The molecule has 1 aliphatic heterocycles. The van der Waals surface area contributed by atoms with Crippen LogP contribution in [0.4, 0.5) is 4.79 Å². The van der Waals surface area contributed by atoms with Gasteiger partial charge in [0.1, 0.15) is 6.04 Å². The maximum Gasteiger partial charge on any atom is 0.326 e. The van der Waals surface area contributed by atoms with Crippen molar-refractivity contribution in [1.82, 2.24) is 10.2 Å². The average Bonchev–Trinajstić information content (AvgIpc) is 2.81. The molecule has 2 aliphatic rings. The minimum absolute atomic E-state index is 0.185. The predicted octanol–water partition coefficient (Wildman–Crippen LogP) is 2.36. The number of amides is 2. The van der Waals surface area contributed by atoms with E-state index < -0.39 is 12.0 Å².